The molecule has 0 saturated heterocycles. The molecule has 0 aliphatic rings. The third-order valence-electron chi connectivity index (χ3n) is 9.42. The van der Waals surface area contributed by atoms with Crippen LogP contribution in [0.4, 0.5) is 0 Å². The highest BCUT2D eigenvalue weighted by molar-refractivity contribution is 6.16. The van der Waals surface area contributed by atoms with E-state index in [0.29, 0.717) is 5.82 Å². The van der Waals surface area contributed by atoms with Gasteiger partial charge in [0.05, 0.1) is 17.0 Å². The highest BCUT2D eigenvalue weighted by atomic mass is 16.3. The molecule has 0 aliphatic heterocycles. The fourth-order valence-electron chi connectivity index (χ4n) is 6.82. The zero-order chi connectivity index (χ0) is 34.3. The van der Waals surface area contributed by atoms with E-state index < -0.39 is 0 Å². The number of fused-ring (bicyclic) bond motifs is 4. The van der Waals surface area contributed by atoms with Crippen molar-refractivity contribution in [1.29, 1.82) is 0 Å². The topological polar surface area (TPSA) is 65.0 Å². The molecule has 9 aromatic rings. The number of allylic oxidation sites excluding steroid dienone is 2. The van der Waals surface area contributed by atoms with Crippen LogP contribution in [0.2, 0.25) is 0 Å². The Morgan fingerprint density at radius 3 is 2.00 bits per heavy atom. The molecule has 4 aromatic heterocycles. The molecule has 4 heterocycles. The molecular weight excluding hydrogens is 627 g/mol. The first-order valence-electron chi connectivity index (χ1n) is 16.9. The number of pyridine rings is 1. The standard InChI is InChI=1S/C46H31N3O2/c1-3-4-13-41-29(2)38-27-34(19-22-43(38)50-41)35-20-21-37(45-44(35)36-12-8-9-14-42(36)51-45)46-48-39(32-10-6-5-7-11-32)28-40(49-46)33-17-15-30(16-18-33)31-23-25-47-26-24-31/h3-28H,1H2,2H3/b13-4-. The van der Waals surface area contributed by atoms with E-state index >= 15 is 0 Å². The maximum atomic E-state index is 6.69. The van der Waals surface area contributed by atoms with Gasteiger partial charge in [-0.3, -0.25) is 4.98 Å². The Kier molecular flexibility index (Phi) is 7.44. The molecule has 0 aliphatic carbocycles. The van der Waals surface area contributed by atoms with Crippen molar-refractivity contribution in [2.45, 2.75) is 6.92 Å². The van der Waals surface area contributed by atoms with Crippen LogP contribution in [0, 0.1) is 6.92 Å². The Morgan fingerprint density at radius 1 is 0.569 bits per heavy atom. The number of furan rings is 2. The Hall–Kier alpha value is -6.85. The molecule has 0 N–H and O–H groups in total. The number of aryl methyl sites for hydroxylation is 1. The second kappa shape index (κ2) is 12.6. The fourth-order valence-corrected chi connectivity index (χ4v) is 6.82. The van der Waals surface area contributed by atoms with Gasteiger partial charge in [-0.25, -0.2) is 9.97 Å². The van der Waals surface area contributed by atoms with E-state index in [9.17, 15) is 0 Å². The molecule has 51 heavy (non-hydrogen) atoms. The van der Waals surface area contributed by atoms with Gasteiger partial charge in [0.1, 0.15) is 22.5 Å². The summed E-state index contributed by atoms with van der Waals surface area (Å²) in [5.74, 6) is 1.43. The van der Waals surface area contributed by atoms with Crippen LogP contribution in [-0.4, -0.2) is 15.0 Å². The summed E-state index contributed by atoms with van der Waals surface area (Å²) >= 11 is 0. The van der Waals surface area contributed by atoms with E-state index in [1.54, 1.807) is 6.08 Å². The van der Waals surface area contributed by atoms with Crippen molar-refractivity contribution in [2.75, 3.05) is 0 Å². The fraction of sp³-hybridized carbons (Fsp3) is 0.0217. The van der Waals surface area contributed by atoms with Crippen LogP contribution in [0.15, 0.2) is 167 Å². The van der Waals surface area contributed by atoms with E-state index in [4.69, 9.17) is 18.8 Å². The maximum Gasteiger partial charge on any atom is 0.164 e. The van der Waals surface area contributed by atoms with Gasteiger partial charge in [-0.1, -0.05) is 104 Å². The van der Waals surface area contributed by atoms with E-state index in [0.717, 1.165) is 94.6 Å². The Balaban J connectivity index is 1.23. The lowest BCUT2D eigenvalue weighted by Crippen LogP contribution is -1.96. The SMILES string of the molecule is C=C/C=C\c1oc2ccc(-c3ccc(-c4nc(-c5ccccc5)cc(-c5ccc(-c6ccncc6)cc5)n4)c4oc5ccccc5c34)cc2c1C. The summed E-state index contributed by atoms with van der Waals surface area (Å²) in [5.41, 5.74) is 12.4. The first-order chi connectivity index (χ1) is 25.1. The van der Waals surface area contributed by atoms with Crippen LogP contribution in [0.5, 0.6) is 0 Å². The van der Waals surface area contributed by atoms with E-state index in [2.05, 4.69) is 97.3 Å². The lowest BCUT2D eigenvalue weighted by Gasteiger charge is -2.12. The normalized spacial score (nSPS) is 11.6. The third-order valence-corrected chi connectivity index (χ3v) is 9.42. The average Bonchev–Trinajstić information content (AvgIpc) is 3.74. The summed E-state index contributed by atoms with van der Waals surface area (Å²) in [4.78, 5) is 14.5. The number of benzene rings is 5. The summed E-state index contributed by atoms with van der Waals surface area (Å²) in [6.45, 7) is 5.89. The number of hydrogen-bond acceptors (Lipinski definition) is 5. The number of aromatic nitrogens is 3. The minimum absolute atomic E-state index is 0.597. The summed E-state index contributed by atoms with van der Waals surface area (Å²) in [5, 5.41) is 3.13. The van der Waals surface area contributed by atoms with Gasteiger partial charge in [0.2, 0.25) is 0 Å². The third kappa shape index (κ3) is 5.42. The van der Waals surface area contributed by atoms with Crippen molar-refractivity contribution in [2.24, 2.45) is 0 Å². The average molecular weight is 658 g/mol. The van der Waals surface area contributed by atoms with Crippen LogP contribution < -0.4 is 0 Å². The second-order valence-electron chi connectivity index (χ2n) is 12.5. The van der Waals surface area contributed by atoms with Crippen LogP contribution in [0.1, 0.15) is 11.3 Å². The summed E-state index contributed by atoms with van der Waals surface area (Å²) < 4.78 is 12.9. The van der Waals surface area contributed by atoms with Gasteiger partial charge in [0.25, 0.3) is 0 Å². The van der Waals surface area contributed by atoms with Gasteiger partial charge in [0, 0.05) is 45.2 Å². The Labute approximate surface area is 294 Å². The van der Waals surface area contributed by atoms with Crippen LogP contribution >= 0.6 is 0 Å². The number of hydrogen-bond donors (Lipinski definition) is 0. The molecule has 242 valence electrons. The van der Waals surface area contributed by atoms with Gasteiger partial charge < -0.3 is 8.83 Å². The van der Waals surface area contributed by atoms with E-state index in [1.807, 2.05) is 73.1 Å². The Morgan fingerprint density at radius 2 is 1.22 bits per heavy atom. The molecule has 0 atom stereocenters. The highest BCUT2D eigenvalue weighted by Gasteiger charge is 2.21. The van der Waals surface area contributed by atoms with Crippen molar-refractivity contribution in [3.63, 3.8) is 0 Å². The van der Waals surface area contributed by atoms with Gasteiger partial charge >= 0.3 is 0 Å². The first kappa shape index (κ1) is 30.2. The van der Waals surface area contributed by atoms with Crippen molar-refractivity contribution in [3.05, 3.63) is 170 Å². The summed E-state index contributed by atoms with van der Waals surface area (Å²) in [6.07, 6.45) is 9.22. The molecule has 0 amide bonds. The number of para-hydroxylation sites is 1. The first-order valence-corrected chi connectivity index (χ1v) is 16.9. The predicted octanol–water partition coefficient (Wildman–Crippen LogP) is 12.4. The summed E-state index contributed by atoms with van der Waals surface area (Å²) in [7, 11) is 0. The zero-order valence-electron chi connectivity index (χ0n) is 27.9. The Bertz CT molecular complexity index is 2760. The molecule has 5 heteroatoms. The lowest BCUT2D eigenvalue weighted by atomic mass is 9.95. The molecule has 0 radical (unpaired) electrons. The number of rotatable bonds is 7. The van der Waals surface area contributed by atoms with Gasteiger partial charge in [0.15, 0.2) is 5.82 Å². The van der Waals surface area contributed by atoms with Crippen LogP contribution in [0.25, 0.3) is 95.1 Å². The van der Waals surface area contributed by atoms with E-state index in [-0.39, 0.29) is 0 Å². The molecule has 0 spiro atoms. The minimum Gasteiger partial charge on any atom is -0.456 e. The largest absolute Gasteiger partial charge is 0.456 e. The molecule has 5 nitrogen and oxygen atoms in total. The van der Waals surface area contributed by atoms with E-state index in [1.165, 1.54) is 0 Å². The molecule has 0 saturated carbocycles. The van der Waals surface area contributed by atoms with Crippen molar-refractivity contribution < 1.29 is 8.83 Å². The highest BCUT2D eigenvalue weighted by Crippen LogP contribution is 2.43. The molecule has 9 rings (SSSR count). The predicted molar refractivity (Wildman–Crippen MR) is 208 cm³/mol. The van der Waals surface area contributed by atoms with Crippen LogP contribution in [0.3, 0.4) is 0 Å². The molecule has 0 unspecified atom stereocenters. The van der Waals surface area contributed by atoms with Crippen molar-refractivity contribution in [3.8, 4) is 56.2 Å². The van der Waals surface area contributed by atoms with Crippen molar-refractivity contribution >= 4 is 39.0 Å². The van der Waals surface area contributed by atoms with Crippen molar-refractivity contribution in [1.82, 2.24) is 15.0 Å². The summed E-state index contributed by atoms with van der Waals surface area (Å²) in [6, 6.07) is 43.6. The quantitative estimate of drug-likeness (QED) is 0.160. The zero-order valence-corrected chi connectivity index (χ0v) is 27.9. The van der Waals surface area contributed by atoms with Gasteiger partial charge in [-0.2, -0.15) is 0 Å². The smallest absolute Gasteiger partial charge is 0.164 e. The maximum absolute atomic E-state index is 6.69. The lowest BCUT2D eigenvalue weighted by molar-refractivity contribution is 0.601. The molecular formula is C46H31N3O2. The second-order valence-corrected chi connectivity index (χ2v) is 12.5. The molecule has 0 fully saturated rings. The molecule has 5 aromatic carbocycles. The van der Waals surface area contributed by atoms with Crippen LogP contribution in [-0.2, 0) is 0 Å². The van der Waals surface area contributed by atoms with Gasteiger partial charge in [-0.15, -0.1) is 0 Å². The van der Waals surface area contributed by atoms with Gasteiger partial charge in [-0.05, 0) is 77.7 Å². The minimum atomic E-state index is 0.597. The number of nitrogens with zero attached hydrogens (tertiary/aromatic N) is 3. The molecule has 0 bridgehead atoms. The monoisotopic (exact) mass is 657 g/mol.